The van der Waals surface area contributed by atoms with E-state index in [0.29, 0.717) is 0 Å². The van der Waals surface area contributed by atoms with Crippen LogP contribution in [-0.2, 0) is 20.1 Å². The number of hydrogen-bond acceptors (Lipinski definition) is 0. The molecule has 0 radical (unpaired) electrons. The van der Waals surface area contributed by atoms with Crippen LogP contribution in [0.25, 0.3) is 11.1 Å². The van der Waals surface area contributed by atoms with Gasteiger partial charge in [-0.05, 0) is 0 Å². The van der Waals surface area contributed by atoms with Gasteiger partial charge in [-0.15, -0.1) is 0 Å². The van der Waals surface area contributed by atoms with Crippen molar-refractivity contribution in [3.8, 4) is 11.1 Å². The van der Waals surface area contributed by atoms with Crippen molar-refractivity contribution >= 4 is 5.49 Å². The molecule has 0 bridgehead atoms. The predicted octanol–water partition coefficient (Wildman–Crippen LogP) is 6.94. The molecular formula is C24H28HfSi. The van der Waals surface area contributed by atoms with Crippen LogP contribution in [0.1, 0.15) is 39.8 Å². The summed E-state index contributed by atoms with van der Waals surface area (Å²) < 4.78 is 1.52. The quantitative estimate of drug-likeness (QED) is 0.383. The van der Waals surface area contributed by atoms with Gasteiger partial charge >= 0.3 is 167 Å². The fourth-order valence-electron chi connectivity index (χ4n) is 4.49. The van der Waals surface area contributed by atoms with Crippen LogP contribution in [0.15, 0.2) is 60.7 Å². The maximum atomic E-state index is 2.65. The Kier molecular flexibility index (Phi) is 5.09. The molecule has 0 aromatic heterocycles. The summed E-state index contributed by atoms with van der Waals surface area (Å²) in [5.74, 6) is 0. The first-order valence-corrected chi connectivity index (χ1v) is 21.4. The third-order valence-electron chi connectivity index (χ3n) is 6.07. The molecule has 0 amide bonds. The Bertz CT molecular complexity index is 899. The second-order valence-corrected chi connectivity index (χ2v) is 31.7. The zero-order chi connectivity index (χ0) is 18.4. The summed E-state index contributed by atoms with van der Waals surface area (Å²) in [7, 11) is 0. The van der Waals surface area contributed by atoms with Gasteiger partial charge in [-0.25, -0.2) is 0 Å². The first-order valence-electron chi connectivity index (χ1n) is 9.74. The fourth-order valence-corrected chi connectivity index (χ4v) is 35.8. The summed E-state index contributed by atoms with van der Waals surface area (Å²) >= 11 is -2.02. The number of fused-ring (bicyclic) bond motifs is 3. The van der Waals surface area contributed by atoms with E-state index >= 15 is 0 Å². The van der Waals surface area contributed by atoms with Crippen molar-refractivity contribution < 1.29 is 20.1 Å². The molecule has 0 unspecified atom stereocenters. The van der Waals surface area contributed by atoms with Crippen LogP contribution >= 0.6 is 0 Å². The topological polar surface area (TPSA) is 0 Å². The number of benzene rings is 2. The fraction of sp³-hybridized carbons (Fsp3) is 0.333. The van der Waals surface area contributed by atoms with Gasteiger partial charge < -0.3 is 0 Å². The summed E-state index contributed by atoms with van der Waals surface area (Å²) in [6.07, 6.45) is 9.66. The van der Waals surface area contributed by atoms with E-state index in [9.17, 15) is 0 Å². The van der Waals surface area contributed by atoms with Crippen molar-refractivity contribution in [2.45, 2.75) is 47.1 Å². The predicted molar refractivity (Wildman–Crippen MR) is 112 cm³/mol. The van der Waals surface area contributed by atoms with Gasteiger partial charge in [-0.2, -0.15) is 0 Å². The normalized spacial score (nSPS) is 17.0. The minimum atomic E-state index is -2.02. The third-order valence-corrected chi connectivity index (χ3v) is 38.3. The molecule has 2 aromatic rings. The second kappa shape index (κ2) is 7.20. The monoisotopic (exact) mass is 524 g/mol. The molecule has 4 rings (SSSR count). The van der Waals surface area contributed by atoms with Crippen LogP contribution in [-0.4, -0.2) is 5.49 Å². The van der Waals surface area contributed by atoms with Crippen LogP contribution in [0, 0.1) is 13.8 Å². The van der Waals surface area contributed by atoms with E-state index in [1.807, 2.05) is 0 Å². The molecule has 2 aromatic carbocycles. The Morgan fingerprint density at radius 1 is 0.846 bits per heavy atom. The van der Waals surface area contributed by atoms with Gasteiger partial charge in [0.1, 0.15) is 0 Å². The molecule has 0 atom stereocenters. The van der Waals surface area contributed by atoms with Crippen molar-refractivity contribution in [1.82, 2.24) is 0 Å². The van der Waals surface area contributed by atoms with Gasteiger partial charge in [0.2, 0.25) is 0 Å². The van der Waals surface area contributed by atoms with Gasteiger partial charge in [0.05, 0.1) is 0 Å². The van der Waals surface area contributed by atoms with E-state index in [1.54, 1.807) is 11.1 Å². The van der Waals surface area contributed by atoms with Crippen molar-refractivity contribution in [3.63, 3.8) is 0 Å². The van der Waals surface area contributed by atoms with Gasteiger partial charge in [0, 0.05) is 0 Å². The van der Waals surface area contributed by atoms with Crippen molar-refractivity contribution in [2.75, 3.05) is 0 Å². The average molecular weight is 523 g/mol. The molecule has 26 heavy (non-hydrogen) atoms. The minimum absolute atomic E-state index is 0.309. The molecule has 0 saturated carbocycles. The Morgan fingerprint density at radius 3 is 1.81 bits per heavy atom. The zero-order valence-corrected chi connectivity index (χ0v) is 21.1. The molecule has 0 heterocycles. The van der Waals surface area contributed by atoms with Gasteiger partial charge in [-0.3, -0.25) is 0 Å². The van der Waals surface area contributed by atoms with Crippen molar-refractivity contribution in [3.05, 3.63) is 83.0 Å². The van der Waals surface area contributed by atoms with Gasteiger partial charge in [-0.1, -0.05) is 0 Å². The molecule has 132 valence electrons. The SMILES string of the molecule is Cc1ccc2c(c1)[CH]([Hf]([CH]1C=CC=C1)=[Si](C)C(C)C)c1cc(C)ccc1-2. The molecule has 0 nitrogen and oxygen atoms in total. The Morgan fingerprint density at radius 2 is 1.35 bits per heavy atom. The molecule has 2 aliphatic rings. The molecule has 0 N–H and O–H groups in total. The molecular weight excluding hydrogens is 495 g/mol. The third kappa shape index (κ3) is 3.09. The molecule has 0 aliphatic heterocycles. The average Bonchev–Trinajstić information content (AvgIpc) is 3.22. The zero-order valence-electron chi connectivity index (χ0n) is 16.5. The number of hydrogen-bond donors (Lipinski definition) is 0. The summed E-state index contributed by atoms with van der Waals surface area (Å²) in [4.78, 5) is 0. The first kappa shape index (κ1) is 18.4. The Labute approximate surface area is 166 Å². The summed E-state index contributed by atoms with van der Waals surface area (Å²) in [6, 6.07) is 14.4. The number of allylic oxidation sites excluding steroid dienone is 4. The van der Waals surface area contributed by atoms with Crippen molar-refractivity contribution in [2.24, 2.45) is 0 Å². The molecule has 2 aliphatic carbocycles. The Hall–Kier alpha value is -0.993. The summed E-state index contributed by atoms with van der Waals surface area (Å²) in [5, 5.41) is 0. The van der Waals surface area contributed by atoms with Crippen LogP contribution in [0.2, 0.25) is 15.8 Å². The standard InChI is InChI=1S/C15H13.C5H5.C4H10Si.Hf/c1-10-3-5-14-12(7-10)9-13-8-11(2)4-6-15(13)14;1-2-4-5-3-1;1-4(2)5-3;/h3-9H,1-2H3;1-5H;4H,1-3H3;. The van der Waals surface area contributed by atoms with E-state index in [-0.39, 0.29) is 5.49 Å². The van der Waals surface area contributed by atoms with Crippen LogP contribution in [0.5, 0.6) is 0 Å². The van der Waals surface area contributed by atoms with Crippen LogP contribution < -0.4 is 0 Å². The van der Waals surface area contributed by atoms with E-state index in [1.165, 1.54) is 22.3 Å². The van der Waals surface area contributed by atoms with Gasteiger partial charge in [0.25, 0.3) is 0 Å². The molecule has 2 heteroatoms. The van der Waals surface area contributed by atoms with E-state index in [4.69, 9.17) is 0 Å². The first-order chi connectivity index (χ1) is 12.5. The summed E-state index contributed by atoms with van der Waals surface area (Å²) in [6.45, 7) is 12.1. The number of aryl methyl sites for hydroxylation is 2. The molecule has 0 saturated heterocycles. The van der Waals surface area contributed by atoms with Crippen LogP contribution in [0.4, 0.5) is 0 Å². The maximum absolute atomic E-state index is 2.65. The molecule has 0 fully saturated rings. The van der Waals surface area contributed by atoms with Crippen molar-refractivity contribution in [1.29, 1.82) is 0 Å². The van der Waals surface area contributed by atoms with Crippen LogP contribution in [0.3, 0.4) is 0 Å². The molecule has 0 spiro atoms. The second-order valence-electron chi connectivity index (χ2n) is 8.20. The Balaban J connectivity index is 2.01. The van der Waals surface area contributed by atoms with E-state index in [2.05, 4.69) is 94.9 Å². The summed E-state index contributed by atoms with van der Waals surface area (Å²) in [5.41, 5.74) is 9.73. The van der Waals surface area contributed by atoms with Gasteiger partial charge in [0.15, 0.2) is 0 Å². The van der Waals surface area contributed by atoms with E-state index < -0.39 is 20.1 Å². The van der Waals surface area contributed by atoms with E-state index in [0.717, 1.165) is 12.9 Å². The number of rotatable bonds is 3.